The van der Waals surface area contributed by atoms with Crippen LogP contribution < -0.4 is 0 Å². The molecule has 0 atom stereocenters. The molecule has 0 saturated heterocycles. The Morgan fingerprint density at radius 2 is 1.50 bits per heavy atom. The van der Waals surface area contributed by atoms with Gasteiger partial charge in [-0.2, -0.15) is 0 Å². The Hall–Kier alpha value is -2.84. The van der Waals surface area contributed by atoms with E-state index in [1.165, 1.54) is 10.6 Å². The number of hydrogen-bond acceptors (Lipinski definition) is 0. The van der Waals surface area contributed by atoms with Gasteiger partial charge >= 0.3 is 0 Å². The molecule has 0 N–H and O–H groups in total. The molecule has 4 aromatic carbocycles. The van der Waals surface area contributed by atoms with E-state index in [0.717, 1.165) is 0 Å². The highest BCUT2D eigenvalue weighted by molar-refractivity contribution is 9.10. The van der Waals surface area contributed by atoms with Crippen molar-refractivity contribution in [2.24, 2.45) is 0 Å². The van der Waals surface area contributed by atoms with E-state index in [2.05, 4.69) is 15.9 Å². The summed E-state index contributed by atoms with van der Waals surface area (Å²) in [6.45, 7) is 0. The van der Waals surface area contributed by atoms with Crippen molar-refractivity contribution in [2.75, 3.05) is 0 Å². The lowest BCUT2D eigenvalue weighted by molar-refractivity contribution is 1.18. The Labute approximate surface area is 174 Å². The van der Waals surface area contributed by atoms with Crippen LogP contribution >= 0.6 is 15.9 Å². The molecule has 5 aromatic rings. The largest absolute Gasteiger partial charge is 0.309 e. The fourth-order valence-electron chi connectivity index (χ4n) is 2.95. The molecular formula is C24H16BrN. The van der Waals surface area contributed by atoms with Gasteiger partial charge in [-0.05, 0) is 47.4 Å². The van der Waals surface area contributed by atoms with Crippen molar-refractivity contribution < 1.29 is 13.7 Å². The second-order valence-electron chi connectivity index (χ2n) is 5.62. The highest BCUT2D eigenvalue weighted by atomic mass is 79.9. The molecule has 0 saturated carbocycles. The lowest BCUT2D eigenvalue weighted by atomic mass is 10.0. The number of aromatic nitrogens is 1. The lowest BCUT2D eigenvalue weighted by Gasteiger charge is -2.08. The van der Waals surface area contributed by atoms with E-state index in [4.69, 9.17) is 13.7 Å². The van der Waals surface area contributed by atoms with Gasteiger partial charge in [-0.25, -0.2) is 0 Å². The number of benzene rings is 4. The highest BCUT2D eigenvalue weighted by Gasteiger charge is 2.13. The smallest absolute Gasteiger partial charge is 0.0657 e. The van der Waals surface area contributed by atoms with E-state index >= 15 is 0 Å². The van der Waals surface area contributed by atoms with Crippen LogP contribution in [0, 0.1) is 0 Å². The summed E-state index contributed by atoms with van der Waals surface area (Å²) in [6, 6.07) is 6.36. The van der Waals surface area contributed by atoms with Crippen LogP contribution in [-0.4, -0.2) is 4.57 Å². The first kappa shape index (κ1) is 8.24. The SMILES string of the molecule is [2H]c1cc([2H])c(-n2c3c([2H])c([2H])c([2H])c([2H])c3c3c([2H])c(-c4ccccc4)c([2H])c([2H])c32)c([2H])c1Br. The zero-order valence-electron chi connectivity index (χ0n) is 23.3. The standard InChI is InChI=1S/C24H16BrN/c25-19-9-6-10-20(16-19)26-23-12-5-4-11-21(23)22-15-18(13-14-24(22)26)17-7-2-1-3-8-17/h1-16H/i4D,5D,9D,10D,11D,12D,13D,14D,15D,16D. The summed E-state index contributed by atoms with van der Waals surface area (Å²) >= 11 is 3.18. The fraction of sp³-hybridized carbons (Fsp3) is 0. The Balaban J connectivity index is 2.15. The topological polar surface area (TPSA) is 4.93 Å². The van der Waals surface area contributed by atoms with Crippen molar-refractivity contribution in [2.45, 2.75) is 0 Å². The molecular weight excluding hydrogens is 382 g/mol. The molecule has 1 aromatic heterocycles. The van der Waals surface area contributed by atoms with Crippen molar-refractivity contribution in [1.29, 1.82) is 0 Å². The van der Waals surface area contributed by atoms with E-state index in [1.807, 2.05) is 0 Å². The molecule has 0 aliphatic carbocycles. The number of halogens is 1. The minimum Gasteiger partial charge on any atom is -0.309 e. The summed E-state index contributed by atoms with van der Waals surface area (Å²) in [5, 5.41) is -0.00159. The van der Waals surface area contributed by atoms with Crippen LogP contribution in [0.4, 0.5) is 0 Å². The molecule has 0 aliphatic rings. The molecule has 1 heterocycles. The van der Waals surface area contributed by atoms with Gasteiger partial charge in [-0.15, -0.1) is 0 Å². The van der Waals surface area contributed by atoms with Crippen molar-refractivity contribution in [1.82, 2.24) is 4.57 Å². The van der Waals surface area contributed by atoms with Gasteiger partial charge in [-0.1, -0.05) is 76.5 Å². The van der Waals surface area contributed by atoms with Crippen LogP contribution in [0.2, 0.25) is 0 Å². The second kappa shape index (κ2) is 6.15. The Kier molecular flexibility index (Phi) is 1.95. The van der Waals surface area contributed by atoms with Crippen LogP contribution in [0.3, 0.4) is 0 Å². The number of para-hydroxylation sites is 1. The minimum absolute atomic E-state index is 0.0294. The zero-order chi connectivity index (χ0) is 26.2. The zero-order valence-corrected chi connectivity index (χ0v) is 14.9. The summed E-state index contributed by atoms with van der Waals surface area (Å²) in [6.07, 6.45) is 0. The molecule has 0 unspecified atom stereocenters. The van der Waals surface area contributed by atoms with Gasteiger partial charge in [0.25, 0.3) is 0 Å². The van der Waals surface area contributed by atoms with Crippen molar-refractivity contribution in [3.05, 3.63) is 101 Å². The van der Waals surface area contributed by atoms with Crippen LogP contribution in [0.1, 0.15) is 13.7 Å². The maximum absolute atomic E-state index is 9.05. The molecule has 0 aliphatic heterocycles. The molecule has 124 valence electrons. The highest BCUT2D eigenvalue weighted by Crippen LogP contribution is 2.35. The van der Waals surface area contributed by atoms with Gasteiger partial charge in [-0.3, -0.25) is 0 Å². The Morgan fingerprint density at radius 1 is 0.692 bits per heavy atom. The Bertz CT molecular complexity index is 1740. The van der Waals surface area contributed by atoms with Crippen LogP contribution in [0.25, 0.3) is 38.6 Å². The third-order valence-electron chi connectivity index (χ3n) is 4.08. The van der Waals surface area contributed by atoms with Crippen LogP contribution in [0.5, 0.6) is 0 Å². The molecule has 0 radical (unpaired) electrons. The van der Waals surface area contributed by atoms with Crippen molar-refractivity contribution in [3.8, 4) is 16.8 Å². The minimum atomic E-state index is -0.543. The first-order chi connectivity index (χ1) is 17.0. The number of fused-ring (bicyclic) bond motifs is 3. The average molecular weight is 408 g/mol. The summed E-state index contributed by atoms with van der Waals surface area (Å²) in [7, 11) is 0. The van der Waals surface area contributed by atoms with Gasteiger partial charge in [0.15, 0.2) is 0 Å². The molecule has 0 spiro atoms. The van der Waals surface area contributed by atoms with Gasteiger partial charge in [0.1, 0.15) is 0 Å². The van der Waals surface area contributed by atoms with E-state index in [0.29, 0.717) is 5.56 Å². The first-order valence-electron chi connectivity index (χ1n) is 12.8. The molecule has 26 heavy (non-hydrogen) atoms. The van der Waals surface area contributed by atoms with Crippen LogP contribution in [0.15, 0.2) is 101 Å². The van der Waals surface area contributed by atoms with E-state index in [1.54, 1.807) is 30.3 Å². The quantitative estimate of drug-likeness (QED) is 0.291. The molecule has 5 rings (SSSR count). The lowest BCUT2D eigenvalue weighted by Crippen LogP contribution is -1.93. The van der Waals surface area contributed by atoms with Gasteiger partial charge in [0.05, 0.1) is 24.7 Å². The Morgan fingerprint density at radius 3 is 2.38 bits per heavy atom. The van der Waals surface area contributed by atoms with E-state index < -0.39 is 24.2 Å². The first-order valence-corrected chi connectivity index (χ1v) is 8.64. The maximum Gasteiger partial charge on any atom is 0.0657 e. The summed E-state index contributed by atoms with van der Waals surface area (Å²) in [5.74, 6) is 0. The number of nitrogens with zero attached hydrogens (tertiary/aromatic N) is 1. The third-order valence-corrected chi connectivity index (χ3v) is 4.51. The van der Waals surface area contributed by atoms with Gasteiger partial charge < -0.3 is 4.57 Å². The predicted octanol–water partition coefficient (Wildman–Crippen LogP) is 7.21. The van der Waals surface area contributed by atoms with Crippen molar-refractivity contribution >= 4 is 37.7 Å². The summed E-state index contributed by atoms with van der Waals surface area (Å²) in [4.78, 5) is 0. The molecule has 0 fully saturated rings. The van der Waals surface area contributed by atoms with Gasteiger partial charge in [0, 0.05) is 20.9 Å². The van der Waals surface area contributed by atoms with Crippen LogP contribution in [-0.2, 0) is 0 Å². The maximum atomic E-state index is 9.05. The molecule has 0 amide bonds. The summed E-state index contributed by atoms with van der Waals surface area (Å²) < 4.78 is 86.9. The normalized spacial score (nSPS) is 16.7. The number of rotatable bonds is 2. The number of hydrogen-bond donors (Lipinski definition) is 0. The fourth-order valence-corrected chi connectivity index (χ4v) is 3.25. The third kappa shape index (κ3) is 2.46. The van der Waals surface area contributed by atoms with E-state index in [-0.39, 0.29) is 73.8 Å². The molecule has 2 heteroatoms. The van der Waals surface area contributed by atoms with Gasteiger partial charge in [0.2, 0.25) is 0 Å². The van der Waals surface area contributed by atoms with E-state index in [9.17, 15) is 0 Å². The predicted molar refractivity (Wildman–Crippen MR) is 114 cm³/mol. The van der Waals surface area contributed by atoms with Crippen molar-refractivity contribution in [3.63, 3.8) is 0 Å². The average Bonchev–Trinajstić information content (AvgIpc) is 3.20. The second-order valence-corrected chi connectivity index (χ2v) is 6.41. The monoisotopic (exact) mass is 407 g/mol. The molecule has 0 bridgehead atoms. The molecule has 1 nitrogen and oxygen atoms in total. The summed E-state index contributed by atoms with van der Waals surface area (Å²) in [5.41, 5.74) is 0.350.